The first kappa shape index (κ1) is 30.2. The number of carbonyl (C=O) groups is 2. The maximum absolute atomic E-state index is 13.0. The van der Waals surface area contributed by atoms with Crippen LogP contribution in [0.5, 0.6) is 11.5 Å². The number of aromatic nitrogens is 2. The van der Waals surface area contributed by atoms with E-state index >= 15 is 0 Å². The summed E-state index contributed by atoms with van der Waals surface area (Å²) in [5.74, 6) is -0.296. The number of nitrogens with zero attached hydrogens (tertiary/aromatic N) is 2. The van der Waals surface area contributed by atoms with Crippen molar-refractivity contribution in [1.82, 2.24) is 9.55 Å². The van der Waals surface area contributed by atoms with Gasteiger partial charge in [-0.3, -0.25) is 19.1 Å². The molecule has 0 fully saturated rings. The van der Waals surface area contributed by atoms with E-state index in [1.165, 1.54) is 21.6 Å². The molecule has 1 aromatic carbocycles. The second kappa shape index (κ2) is 15.3. The number of carbonyl (C=O) groups excluding carboxylic acids is 2. The van der Waals surface area contributed by atoms with Crippen LogP contribution in [-0.4, -0.2) is 47.8 Å². The topological polar surface area (TPSA) is 146 Å². The maximum atomic E-state index is 13.0. The van der Waals surface area contributed by atoms with Crippen molar-refractivity contribution in [3.05, 3.63) is 50.7 Å². The highest BCUT2D eigenvalue weighted by molar-refractivity contribution is 5.98. The van der Waals surface area contributed by atoms with Gasteiger partial charge in [0.1, 0.15) is 5.82 Å². The van der Waals surface area contributed by atoms with E-state index in [4.69, 9.17) is 19.9 Å². The summed E-state index contributed by atoms with van der Waals surface area (Å²) in [5, 5.41) is 0. The summed E-state index contributed by atoms with van der Waals surface area (Å²) in [4.78, 5) is 53.5. The van der Waals surface area contributed by atoms with Crippen molar-refractivity contribution in [2.24, 2.45) is 0 Å². The van der Waals surface area contributed by atoms with Crippen molar-refractivity contribution in [2.75, 3.05) is 37.0 Å². The van der Waals surface area contributed by atoms with Gasteiger partial charge in [0.05, 0.1) is 13.2 Å². The summed E-state index contributed by atoms with van der Waals surface area (Å²) in [6.07, 6.45) is 5.51. The molecule has 0 aliphatic rings. The molecule has 0 aliphatic heterocycles. The van der Waals surface area contributed by atoms with Gasteiger partial charge in [0.15, 0.2) is 23.8 Å². The number of H-pyrrole nitrogens is 1. The average Bonchev–Trinajstić information content (AvgIpc) is 2.89. The molecule has 3 N–H and O–H groups in total. The Labute approximate surface area is 222 Å². The van der Waals surface area contributed by atoms with E-state index in [2.05, 4.69) is 4.98 Å². The zero-order chi connectivity index (χ0) is 28.1. The van der Waals surface area contributed by atoms with Gasteiger partial charge in [0, 0.05) is 19.2 Å². The van der Waals surface area contributed by atoms with Crippen LogP contribution >= 0.6 is 0 Å². The molecule has 0 aliphatic carbocycles. The lowest BCUT2D eigenvalue weighted by Crippen LogP contribution is -2.43. The third-order valence-electron chi connectivity index (χ3n) is 5.45. The Morgan fingerprint density at radius 2 is 1.82 bits per heavy atom. The van der Waals surface area contributed by atoms with Crippen molar-refractivity contribution in [2.45, 2.75) is 59.9 Å². The van der Waals surface area contributed by atoms with Crippen molar-refractivity contribution in [3.8, 4) is 11.5 Å². The van der Waals surface area contributed by atoms with Gasteiger partial charge in [-0.2, -0.15) is 0 Å². The lowest BCUT2D eigenvalue weighted by Gasteiger charge is -2.24. The predicted octanol–water partition coefficient (Wildman–Crippen LogP) is 3.11. The van der Waals surface area contributed by atoms with Crippen molar-refractivity contribution < 1.29 is 23.8 Å². The summed E-state index contributed by atoms with van der Waals surface area (Å²) in [6, 6.07) is 5.28. The van der Waals surface area contributed by atoms with Crippen LogP contribution in [0.2, 0.25) is 0 Å². The van der Waals surface area contributed by atoms with Crippen LogP contribution in [0, 0.1) is 0 Å². The van der Waals surface area contributed by atoms with Crippen LogP contribution in [0.3, 0.4) is 0 Å². The molecule has 38 heavy (non-hydrogen) atoms. The second-order valence-electron chi connectivity index (χ2n) is 8.47. The Kier molecular flexibility index (Phi) is 12.1. The molecule has 1 aromatic heterocycles. The molecule has 0 saturated carbocycles. The molecule has 0 unspecified atom stereocenters. The lowest BCUT2D eigenvalue weighted by molar-refractivity contribution is -0.142. The summed E-state index contributed by atoms with van der Waals surface area (Å²) in [7, 11) is 0. The molecule has 208 valence electrons. The highest BCUT2D eigenvalue weighted by atomic mass is 16.5. The van der Waals surface area contributed by atoms with E-state index in [9.17, 15) is 19.2 Å². The van der Waals surface area contributed by atoms with Gasteiger partial charge < -0.3 is 24.8 Å². The Bertz CT molecular complexity index is 1230. The number of nitrogens with two attached hydrogens (primary N) is 1. The number of nitrogen functional groups attached to an aromatic ring is 1. The van der Waals surface area contributed by atoms with Crippen LogP contribution in [0.15, 0.2) is 33.9 Å². The number of hydrogen-bond acceptors (Lipinski definition) is 8. The minimum Gasteiger partial charge on any atom is -0.490 e. The Morgan fingerprint density at radius 1 is 1.05 bits per heavy atom. The molecule has 11 heteroatoms. The first-order valence-corrected chi connectivity index (χ1v) is 12.9. The normalized spacial score (nSPS) is 10.9. The fourth-order valence-electron chi connectivity index (χ4n) is 3.61. The minimum atomic E-state index is -0.771. The number of amides is 1. The molecule has 0 spiro atoms. The Morgan fingerprint density at radius 3 is 2.47 bits per heavy atom. The molecule has 2 rings (SSSR count). The monoisotopic (exact) mass is 530 g/mol. The first-order chi connectivity index (χ1) is 18.3. The van der Waals surface area contributed by atoms with Gasteiger partial charge in [-0.05, 0) is 50.0 Å². The molecule has 1 heterocycles. The van der Waals surface area contributed by atoms with E-state index in [1.54, 1.807) is 18.2 Å². The summed E-state index contributed by atoms with van der Waals surface area (Å²) < 4.78 is 17.7. The standard InChI is InChI=1S/C27H38N4O7/c1-5-9-15-30(24-25(28)31(14-6-2)27(35)29-26(24)34)22(32)18-38-23(33)13-11-19-10-12-20(37-16-7-3)21(17-19)36-8-4/h10-13,17H,5-9,14-16,18,28H2,1-4H3,(H,29,34,35)/b13-11+. The molecule has 0 atom stereocenters. The molecular weight excluding hydrogens is 492 g/mol. The number of esters is 1. The van der Waals surface area contributed by atoms with Crippen LogP contribution in [0.1, 0.15) is 58.9 Å². The number of nitrogens with one attached hydrogen (secondary N) is 1. The first-order valence-electron chi connectivity index (χ1n) is 12.9. The lowest BCUT2D eigenvalue weighted by atomic mass is 10.2. The van der Waals surface area contributed by atoms with Gasteiger partial charge in [0.25, 0.3) is 11.5 Å². The molecule has 0 radical (unpaired) electrons. The number of hydrogen-bond donors (Lipinski definition) is 2. The van der Waals surface area contributed by atoms with Crippen molar-refractivity contribution >= 4 is 29.5 Å². The SMILES string of the molecule is CCCCN(C(=O)COC(=O)/C=C/c1ccc(OCCC)c(OCC)c1)c1c(N)n(CCC)c(=O)[nH]c1=O. The van der Waals surface area contributed by atoms with E-state index < -0.39 is 29.7 Å². The van der Waals surface area contributed by atoms with Crippen LogP contribution in [0.25, 0.3) is 6.08 Å². The molecule has 0 saturated heterocycles. The average molecular weight is 531 g/mol. The Balaban J connectivity index is 2.16. The van der Waals surface area contributed by atoms with Gasteiger partial charge in [-0.15, -0.1) is 0 Å². The van der Waals surface area contributed by atoms with Crippen LogP contribution in [0.4, 0.5) is 11.5 Å². The van der Waals surface area contributed by atoms with E-state index in [0.29, 0.717) is 43.1 Å². The molecule has 1 amide bonds. The number of ether oxygens (including phenoxy) is 3. The highest BCUT2D eigenvalue weighted by Gasteiger charge is 2.24. The van der Waals surface area contributed by atoms with E-state index in [-0.39, 0.29) is 24.6 Å². The molecule has 0 bridgehead atoms. The molecule has 11 nitrogen and oxygen atoms in total. The smallest absolute Gasteiger partial charge is 0.331 e. The fraction of sp³-hybridized carbons (Fsp3) is 0.481. The van der Waals surface area contributed by atoms with E-state index in [1.807, 2.05) is 27.7 Å². The van der Waals surface area contributed by atoms with Gasteiger partial charge in [-0.25, -0.2) is 9.59 Å². The zero-order valence-electron chi connectivity index (χ0n) is 22.6. The summed E-state index contributed by atoms with van der Waals surface area (Å²) in [5.41, 5.74) is 5.27. The third kappa shape index (κ3) is 8.25. The van der Waals surface area contributed by atoms with Gasteiger partial charge in [0.2, 0.25) is 0 Å². The van der Waals surface area contributed by atoms with Crippen LogP contribution in [-0.2, 0) is 20.9 Å². The number of rotatable bonds is 15. The fourth-order valence-corrected chi connectivity index (χ4v) is 3.61. The maximum Gasteiger partial charge on any atom is 0.331 e. The number of unbranched alkanes of at least 4 members (excludes halogenated alkanes) is 1. The number of aromatic amines is 1. The van der Waals surface area contributed by atoms with Crippen LogP contribution < -0.4 is 31.4 Å². The van der Waals surface area contributed by atoms with Gasteiger partial charge in [-0.1, -0.05) is 33.3 Å². The molecular formula is C27H38N4O7. The van der Waals surface area contributed by atoms with Crippen molar-refractivity contribution in [1.29, 1.82) is 0 Å². The highest BCUT2D eigenvalue weighted by Crippen LogP contribution is 2.29. The molecule has 2 aromatic rings. The van der Waals surface area contributed by atoms with Gasteiger partial charge >= 0.3 is 11.7 Å². The number of anilines is 2. The van der Waals surface area contributed by atoms with Crippen molar-refractivity contribution in [3.63, 3.8) is 0 Å². The Hall–Kier alpha value is -4.02. The van der Waals surface area contributed by atoms with E-state index in [0.717, 1.165) is 12.8 Å². The quantitative estimate of drug-likeness (QED) is 0.264. The zero-order valence-corrected chi connectivity index (χ0v) is 22.6. The number of benzene rings is 1. The minimum absolute atomic E-state index is 0.104. The second-order valence-corrected chi connectivity index (χ2v) is 8.47. The predicted molar refractivity (Wildman–Crippen MR) is 147 cm³/mol. The third-order valence-corrected chi connectivity index (χ3v) is 5.45. The largest absolute Gasteiger partial charge is 0.490 e. The summed E-state index contributed by atoms with van der Waals surface area (Å²) >= 11 is 0. The summed E-state index contributed by atoms with van der Waals surface area (Å²) in [6.45, 7) is 8.52.